The van der Waals surface area contributed by atoms with Crippen molar-refractivity contribution in [3.8, 4) is 22.8 Å². The zero-order chi connectivity index (χ0) is 22.0. The number of rotatable bonds is 3. The van der Waals surface area contributed by atoms with E-state index in [1.165, 1.54) is 18.5 Å². The largest absolute Gasteiger partial charge is 0.382 e. The monoisotopic (exact) mass is 429 g/mol. The predicted molar refractivity (Wildman–Crippen MR) is 125 cm³/mol. The average Bonchev–Trinajstić information content (AvgIpc) is 3.41. The number of nitrogens with two attached hydrogens (primary N) is 1. The summed E-state index contributed by atoms with van der Waals surface area (Å²) in [6.07, 6.45) is 7.93. The SMILES string of the molecule is CN1C2CCC1CN(c1cccc3nc(-c4nc(-c5cnn(C)c5)cnc4N)n(C)c13)C2. The number of hydrogen-bond acceptors (Lipinski definition) is 7. The minimum absolute atomic E-state index is 0.371. The van der Waals surface area contributed by atoms with E-state index < -0.39 is 0 Å². The lowest BCUT2D eigenvalue weighted by molar-refractivity contribution is 0.212. The maximum Gasteiger partial charge on any atom is 0.163 e. The van der Waals surface area contributed by atoms with E-state index in [0.717, 1.165) is 41.2 Å². The molecule has 2 aliphatic heterocycles. The first-order valence-corrected chi connectivity index (χ1v) is 11.0. The fourth-order valence-corrected chi connectivity index (χ4v) is 5.28. The van der Waals surface area contributed by atoms with Gasteiger partial charge in [-0.05, 0) is 32.0 Å². The summed E-state index contributed by atoms with van der Waals surface area (Å²) in [5, 5.41) is 4.24. The van der Waals surface area contributed by atoms with Crippen molar-refractivity contribution in [1.29, 1.82) is 0 Å². The van der Waals surface area contributed by atoms with E-state index in [0.29, 0.717) is 23.6 Å². The number of benzene rings is 1. The molecular weight excluding hydrogens is 402 g/mol. The first-order valence-electron chi connectivity index (χ1n) is 11.0. The molecule has 2 saturated heterocycles. The van der Waals surface area contributed by atoms with Gasteiger partial charge in [-0.2, -0.15) is 5.10 Å². The summed E-state index contributed by atoms with van der Waals surface area (Å²) in [4.78, 5) is 19.2. The third-order valence-corrected chi connectivity index (χ3v) is 7.07. The summed E-state index contributed by atoms with van der Waals surface area (Å²) in [5.74, 6) is 1.09. The van der Waals surface area contributed by atoms with E-state index >= 15 is 0 Å². The van der Waals surface area contributed by atoms with Gasteiger partial charge in [-0.15, -0.1) is 0 Å². The second kappa shape index (κ2) is 7.03. The normalized spacial score (nSPS) is 21.0. The van der Waals surface area contributed by atoms with Gasteiger partial charge in [0.25, 0.3) is 0 Å². The van der Waals surface area contributed by atoms with Gasteiger partial charge in [-0.1, -0.05) is 6.07 Å². The van der Waals surface area contributed by atoms with Gasteiger partial charge in [-0.25, -0.2) is 15.0 Å². The Balaban J connectivity index is 1.45. The number of para-hydroxylation sites is 1. The lowest BCUT2D eigenvalue weighted by Crippen LogP contribution is -2.52. The molecule has 1 aromatic carbocycles. The van der Waals surface area contributed by atoms with E-state index in [-0.39, 0.29) is 0 Å². The molecule has 2 atom stereocenters. The first-order chi connectivity index (χ1) is 15.5. The van der Waals surface area contributed by atoms with E-state index in [9.17, 15) is 0 Å². The zero-order valence-corrected chi connectivity index (χ0v) is 18.6. The highest BCUT2D eigenvalue weighted by Crippen LogP contribution is 2.36. The molecule has 0 saturated carbocycles. The maximum atomic E-state index is 6.27. The van der Waals surface area contributed by atoms with Gasteiger partial charge >= 0.3 is 0 Å². The molecule has 2 unspecified atom stereocenters. The highest BCUT2D eigenvalue weighted by Gasteiger charge is 2.38. The number of piperazine rings is 1. The van der Waals surface area contributed by atoms with Crippen molar-refractivity contribution in [2.45, 2.75) is 24.9 Å². The summed E-state index contributed by atoms with van der Waals surface area (Å²) in [6, 6.07) is 7.60. The molecule has 0 aliphatic carbocycles. The standard InChI is InChI=1S/C23H27N9/c1-29-11-14(9-26-29)18-10-25-22(24)20(27-18)23-28-17-5-4-6-19(21(17)31(23)3)32-12-15-7-8-16(13-32)30(15)2/h4-6,9-11,15-16H,7-8,12-13H2,1-3H3,(H2,24,25). The van der Waals surface area contributed by atoms with Crippen LogP contribution >= 0.6 is 0 Å². The molecule has 2 fully saturated rings. The van der Waals surface area contributed by atoms with Crippen LogP contribution in [0.1, 0.15) is 12.8 Å². The summed E-state index contributed by atoms with van der Waals surface area (Å²) in [6.45, 7) is 2.09. The molecule has 4 aromatic rings. The molecule has 6 rings (SSSR count). The van der Waals surface area contributed by atoms with Gasteiger partial charge in [0.1, 0.15) is 5.69 Å². The number of hydrogen-bond donors (Lipinski definition) is 1. The fraction of sp³-hybridized carbons (Fsp3) is 0.391. The van der Waals surface area contributed by atoms with Crippen LogP contribution < -0.4 is 10.6 Å². The Bertz CT molecular complexity index is 1310. The number of nitrogens with zero attached hydrogens (tertiary/aromatic N) is 8. The predicted octanol–water partition coefficient (Wildman–Crippen LogP) is 2.30. The van der Waals surface area contributed by atoms with Crippen molar-refractivity contribution in [3.63, 3.8) is 0 Å². The highest BCUT2D eigenvalue weighted by molar-refractivity contribution is 5.92. The second-order valence-electron chi connectivity index (χ2n) is 8.99. The number of aryl methyl sites for hydroxylation is 2. The molecule has 9 nitrogen and oxygen atoms in total. The minimum Gasteiger partial charge on any atom is -0.382 e. The molecule has 0 radical (unpaired) electrons. The Morgan fingerprint density at radius 1 is 1.00 bits per heavy atom. The highest BCUT2D eigenvalue weighted by atomic mass is 15.3. The molecule has 9 heteroatoms. The van der Waals surface area contributed by atoms with Gasteiger partial charge in [0.15, 0.2) is 11.6 Å². The van der Waals surface area contributed by atoms with Crippen LogP contribution in [0.25, 0.3) is 33.8 Å². The number of fused-ring (bicyclic) bond motifs is 3. The molecule has 0 spiro atoms. The average molecular weight is 430 g/mol. The lowest BCUT2D eigenvalue weighted by atomic mass is 10.1. The summed E-state index contributed by atoms with van der Waals surface area (Å²) < 4.78 is 3.86. The number of aromatic nitrogens is 6. The molecule has 164 valence electrons. The van der Waals surface area contributed by atoms with Crippen LogP contribution in [0.15, 0.2) is 36.8 Å². The van der Waals surface area contributed by atoms with E-state index in [2.05, 4.69) is 49.7 Å². The zero-order valence-electron chi connectivity index (χ0n) is 18.6. The molecule has 2 bridgehead atoms. The van der Waals surface area contributed by atoms with E-state index in [1.54, 1.807) is 17.1 Å². The first kappa shape index (κ1) is 19.2. The third-order valence-electron chi connectivity index (χ3n) is 7.07. The van der Waals surface area contributed by atoms with Crippen LogP contribution in [0.4, 0.5) is 11.5 Å². The summed E-state index contributed by atoms with van der Waals surface area (Å²) >= 11 is 0. The van der Waals surface area contributed by atoms with Gasteiger partial charge in [-0.3, -0.25) is 9.58 Å². The summed E-state index contributed by atoms with van der Waals surface area (Å²) in [7, 11) is 6.18. The van der Waals surface area contributed by atoms with Gasteiger partial charge in [0.05, 0.1) is 34.8 Å². The van der Waals surface area contributed by atoms with Crippen molar-refractivity contribution in [2.75, 3.05) is 30.8 Å². The van der Waals surface area contributed by atoms with Gasteiger partial charge in [0.2, 0.25) is 0 Å². The molecule has 32 heavy (non-hydrogen) atoms. The molecule has 5 heterocycles. The topological polar surface area (TPSA) is 93.9 Å². The van der Waals surface area contributed by atoms with Crippen molar-refractivity contribution >= 4 is 22.5 Å². The maximum absolute atomic E-state index is 6.27. The quantitative estimate of drug-likeness (QED) is 0.534. The number of nitrogen functional groups attached to an aromatic ring is 1. The smallest absolute Gasteiger partial charge is 0.163 e. The fourth-order valence-electron chi connectivity index (χ4n) is 5.28. The van der Waals surface area contributed by atoms with Crippen LogP contribution in [0.5, 0.6) is 0 Å². The van der Waals surface area contributed by atoms with Crippen molar-refractivity contribution in [3.05, 3.63) is 36.8 Å². The minimum atomic E-state index is 0.371. The molecular formula is C23H27N9. The van der Waals surface area contributed by atoms with Crippen LogP contribution in [-0.2, 0) is 14.1 Å². The number of anilines is 2. The van der Waals surface area contributed by atoms with Crippen LogP contribution in [0, 0.1) is 0 Å². The third kappa shape index (κ3) is 2.88. The number of likely N-dealkylation sites (N-methyl/N-ethyl adjacent to an activating group) is 1. The molecule has 2 aliphatic rings. The van der Waals surface area contributed by atoms with E-state index in [1.807, 2.05) is 20.3 Å². The van der Waals surface area contributed by atoms with Crippen LogP contribution in [-0.4, -0.2) is 66.4 Å². The molecule has 3 aromatic heterocycles. The Morgan fingerprint density at radius 3 is 2.50 bits per heavy atom. The lowest BCUT2D eigenvalue weighted by Gasteiger charge is -2.40. The van der Waals surface area contributed by atoms with Crippen molar-refractivity contribution in [2.24, 2.45) is 14.1 Å². The van der Waals surface area contributed by atoms with Crippen molar-refractivity contribution in [1.82, 2.24) is 34.2 Å². The van der Waals surface area contributed by atoms with E-state index in [4.69, 9.17) is 15.7 Å². The van der Waals surface area contributed by atoms with Crippen LogP contribution in [0.3, 0.4) is 0 Å². The molecule has 2 N–H and O–H groups in total. The Labute approximate surface area is 186 Å². The van der Waals surface area contributed by atoms with Crippen LogP contribution in [0.2, 0.25) is 0 Å². The van der Waals surface area contributed by atoms with Gasteiger partial charge in [0, 0.05) is 51.0 Å². The second-order valence-corrected chi connectivity index (χ2v) is 8.99. The summed E-state index contributed by atoms with van der Waals surface area (Å²) in [5.41, 5.74) is 11.8. The van der Waals surface area contributed by atoms with Gasteiger partial charge < -0.3 is 15.2 Å². The Morgan fingerprint density at radius 2 is 1.78 bits per heavy atom. The Kier molecular flexibility index (Phi) is 4.23. The Hall–Kier alpha value is -3.46. The molecule has 0 amide bonds. The van der Waals surface area contributed by atoms with Crippen molar-refractivity contribution < 1.29 is 0 Å². The number of imidazole rings is 1.